The van der Waals surface area contributed by atoms with Crippen LogP contribution in [0.4, 0.5) is 8.78 Å². The van der Waals surface area contributed by atoms with Crippen molar-refractivity contribution >= 4 is 23.6 Å². The molecule has 0 aromatic heterocycles. The molecule has 0 atom stereocenters. The zero-order valence-corrected chi connectivity index (χ0v) is 11.7. The monoisotopic (exact) mass is 314 g/mol. The molecule has 1 N–H and O–H groups in total. The number of thioether (sulfide) groups is 1. The van der Waals surface area contributed by atoms with Gasteiger partial charge in [0.2, 0.25) is 0 Å². The highest BCUT2D eigenvalue weighted by molar-refractivity contribution is 8.00. The number of carbonyl (C=O) groups is 2. The third-order valence-corrected chi connectivity index (χ3v) is 3.17. The molecular weight excluding hydrogens is 302 g/mol. The van der Waals surface area contributed by atoms with Gasteiger partial charge in [-0.2, -0.15) is 5.26 Å². The zero-order chi connectivity index (χ0) is 15.7. The van der Waals surface area contributed by atoms with Crippen LogP contribution >= 0.6 is 11.8 Å². The van der Waals surface area contributed by atoms with Crippen molar-refractivity contribution in [1.29, 1.82) is 5.26 Å². The van der Waals surface area contributed by atoms with E-state index in [1.807, 2.05) is 6.07 Å². The van der Waals surface area contributed by atoms with Crippen molar-refractivity contribution in [3.8, 4) is 6.07 Å². The van der Waals surface area contributed by atoms with Crippen LogP contribution in [0.1, 0.15) is 6.42 Å². The molecule has 0 aliphatic rings. The Hall–Kier alpha value is -2.14. The Kier molecular flexibility index (Phi) is 7.18. The van der Waals surface area contributed by atoms with Gasteiger partial charge in [-0.1, -0.05) is 0 Å². The fourth-order valence-electron chi connectivity index (χ4n) is 1.22. The number of nitriles is 1. The number of nitrogens with one attached hydrogen (secondary N) is 1. The lowest BCUT2D eigenvalue weighted by Crippen LogP contribution is -2.29. The smallest absolute Gasteiger partial charge is 0.316 e. The van der Waals surface area contributed by atoms with Crippen LogP contribution < -0.4 is 5.32 Å². The molecule has 0 aliphatic heterocycles. The number of benzene rings is 1. The van der Waals surface area contributed by atoms with Crippen LogP contribution in [0, 0.1) is 23.0 Å². The van der Waals surface area contributed by atoms with Crippen molar-refractivity contribution in [2.45, 2.75) is 11.3 Å². The highest BCUT2D eigenvalue weighted by atomic mass is 32.2. The molecule has 0 unspecified atom stereocenters. The summed E-state index contributed by atoms with van der Waals surface area (Å²) in [5.41, 5.74) is 0. The van der Waals surface area contributed by atoms with E-state index < -0.39 is 30.1 Å². The van der Waals surface area contributed by atoms with Gasteiger partial charge < -0.3 is 10.1 Å². The van der Waals surface area contributed by atoms with Gasteiger partial charge in [-0.05, 0) is 18.2 Å². The minimum atomic E-state index is -0.723. The van der Waals surface area contributed by atoms with Crippen LogP contribution in [-0.2, 0) is 14.3 Å². The van der Waals surface area contributed by atoms with Gasteiger partial charge in [-0.15, -0.1) is 11.8 Å². The van der Waals surface area contributed by atoms with Gasteiger partial charge in [0.05, 0.1) is 18.2 Å². The summed E-state index contributed by atoms with van der Waals surface area (Å²) in [6.45, 7) is -0.299. The van der Waals surface area contributed by atoms with E-state index >= 15 is 0 Å². The Morgan fingerprint density at radius 1 is 1.38 bits per heavy atom. The summed E-state index contributed by atoms with van der Waals surface area (Å²) in [6.07, 6.45) is 0.161. The number of hydrogen-bond donors (Lipinski definition) is 1. The largest absolute Gasteiger partial charge is 0.455 e. The summed E-state index contributed by atoms with van der Waals surface area (Å²) in [6, 6.07) is 4.76. The van der Waals surface area contributed by atoms with E-state index in [-0.39, 0.29) is 23.6 Å². The number of rotatable bonds is 7. The molecule has 8 heteroatoms. The number of hydrogen-bond acceptors (Lipinski definition) is 5. The summed E-state index contributed by atoms with van der Waals surface area (Å²) >= 11 is 0.778. The van der Waals surface area contributed by atoms with E-state index in [0.29, 0.717) is 0 Å². The van der Waals surface area contributed by atoms with Crippen molar-refractivity contribution in [2.75, 3.05) is 18.9 Å². The van der Waals surface area contributed by atoms with Crippen molar-refractivity contribution in [1.82, 2.24) is 5.32 Å². The maximum absolute atomic E-state index is 13.3. The number of ether oxygens (including phenoxy) is 1. The molecule has 0 saturated heterocycles. The second-order valence-corrected chi connectivity index (χ2v) is 4.80. The van der Waals surface area contributed by atoms with E-state index in [0.717, 1.165) is 30.0 Å². The van der Waals surface area contributed by atoms with E-state index in [2.05, 4.69) is 10.1 Å². The average molecular weight is 314 g/mol. The molecule has 0 heterocycles. The Morgan fingerprint density at radius 2 is 2.14 bits per heavy atom. The lowest BCUT2D eigenvalue weighted by molar-refractivity contribution is -0.145. The number of amides is 1. The molecule has 0 saturated carbocycles. The molecule has 1 rings (SSSR count). The molecule has 0 spiro atoms. The first kappa shape index (κ1) is 16.9. The van der Waals surface area contributed by atoms with Gasteiger partial charge in [-0.25, -0.2) is 8.78 Å². The highest BCUT2D eigenvalue weighted by Crippen LogP contribution is 2.22. The number of carbonyl (C=O) groups excluding carboxylic acids is 2. The normalized spacial score (nSPS) is 9.76. The van der Waals surface area contributed by atoms with Crippen molar-refractivity contribution < 1.29 is 23.1 Å². The lowest BCUT2D eigenvalue weighted by Gasteiger charge is -2.06. The molecule has 1 amide bonds. The van der Waals surface area contributed by atoms with Crippen LogP contribution in [0.5, 0.6) is 0 Å². The summed E-state index contributed by atoms with van der Waals surface area (Å²) in [5.74, 6) is -2.74. The van der Waals surface area contributed by atoms with Crippen molar-refractivity contribution in [2.24, 2.45) is 0 Å². The van der Waals surface area contributed by atoms with Gasteiger partial charge in [0.1, 0.15) is 11.6 Å². The van der Waals surface area contributed by atoms with E-state index in [1.54, 1.807) is 0 Å². The molecule has 21 heavy (non-hydrogen) atoms. The standard InChI is InChI=1S/C13H12F2N2O3S/c14-9-2-3-10(15)11(6-9)21-8-13(19)20-7-12(18)17-5-1-4-16/h2-3,6H,1,5,7-8H2,(H,17,18). The van der Waals surface area contributed by atoms with Gasteiger partial charge >= 0.3 is 5.97 Å². The minimum absolute atomic E-state index is 0.00887. The third-order valence-electron chi connectivity index (χ3n) is 2.16. The minimum Gasteiger partial charge on any atom is -0.455 e. The van der Waals surface area contributed by atoms with Gasteiger partial charge in [-0.3, -0.25) is 9.59 Å². The first-order valence-electron chi connectivity index (χ1n) is 5.90. The van der Waals surface area contributed by atoms with E-state index in [9.17, 15) is 18.4 Å². The molecular formula is C13H12F2N2O3S. The maximum Gasteiger partial charge on any atom is 0.316 e. The summed E-state index contributed by atoms with van der Waals surface area (Å²) in [4.78, 5) is 22.5. The fourth-order valence-corrected chi connectivity index (χ4v) is 1.98. The Balaban J connectivity index is 2.30. The quantitative estimate of drug-likeness (QED) is 0.470. The van der Waals surface area contributed by atoms with Crippen LogP contribution in [0.3, 0.4) is 0 Å². The van der Waals surface area contributed by atoms with Crippen LogP contribution in [0.15, 0.2) is 23.1 Å². The second-order valence-electron chi connectivity index (χ2n) is 3.78. The van der Waals surface area contributed by atoms with Gasteiger partial charge in [0.15, 0.2) is 6.61 Å². The van der Waals surface area contributed by atoms with E-state index in [1.165, 1.54) is 0 Å². The molecule has 0 fully saturated rings. The topological polar surface area (TPSA) is 79.2 Å². The predicted molar refractivity (Wildman–Crippen MR) is 71.3 cm³/mol. The first-order chi connectivity index (χ1) is 10.0. The fraction of sp³-hybridized carbons (Fsp3) is 0.308. The van der Waals surface area contributed by atoms with Crippen LogP contribution in [0.25, 0.3) is 0 Å². The molecule has 1 aromatic carbocycles. The van der Waals surface area contributed by atoms with Crippen LogP contribution in [-0.4, -0.2) is 30.8 Å². The van der Waals surface area contributed by atoms with Crippen molar-refractivity contribution in [3.63, 3.8) is 0 Å². The van der Waals surface area contributed by atoms with Crippen molar-refractivity contribution in [3.05, 3.63) is 29.8 Å². The summed E-state index contributed by atoms with van der Waals surface area (Å²) in [5, 5.41) is 10.6. The molecule has 0 bridgehead atoms. The first-order valence-corrected chi connectivity index (χ1v) is 6.88. The second kappa shape index (κ2) is 8.92. The zero-order valence-electron chi connectivity index (χ0n) is 10.9. The number of halogens is 2. The lowest BCUT2D eigenvalue weighted by atomic mass is 10.3. The Labute approximate surface area is 124 Å². The summed E-state index contributed by atoms with van der Waals surface area (Å²) < 4.78 is 30.8. The summed E-state index contributed by atoms with van der Waals surface area (Å²) in [7, 11) is 0. The third kappa shape index (κ3) is 6.72. The van der Waals surface area contributed by atoms with Gasteiger partial charge in [0, 0.05) is 11.4 Å². The number of esters is 1. The molecule has 112 valence electrons. The SMILES string of the molecule is N#CCCNC(=O)COC(=O)CSc1cc(F)ccc1F. The molecule has 1 aromatic rings. The molecule has 0 radical (unpaired) electrons. The Bertz CT molecular complexity index is 561. The number of nitrogens with zero attached hydrogens (tertiary/aromatic N) is 1. The predicted octanol–water partition coefficient (Wildman–Crippen LogP) is 1.63. The van der Waals surface area contributed by atoms with Gasteiger partial charge in [0.25, 0.3) is 5.91 Å². The molecule has 0 aliphatic carbocycles. The maximum atomic E-state index is 13.3. The Morgan fingerprint density at radius 3 is 2.86 bits per heavy atom. The van der Waals surface area contributed by atoms with Crippen LogP contribution in [0.2, 0.25) is 0 Å². The van der Waals surface area contributed by atoms with E-state index in [4.69, 9.17) is 5.26 Å². The average Bonchev–Trinajstić information content (AvgIpc) is 2.46. The molecule has 5 nitrogen and oxygen atoms in total. The highest BCUT2D eigenvalue weighted by Gasteiger charge is 2.10.